The number of phenols is 1. The van der Waals surface area contributed by atoms with Gasteiger partial charge in [0.25, 0.3) is 0 Å². The molecular weight excluding hydrogens is 229 g/mol. The van der Waals surface area contributed by atoms with Crippen LogP contribution in [0, 0.1) is 5.82 Å². The normalized spacial score (nSPS) is 22.8. The summed E-state index contributed by atoms with van der Waals surface area (Å²) in [6.07, 6.45) is -0.466. The van der Waals surface area contributed by atoms with Crippen molar-refractivity contribution < 1.29 is 23.7 Å². The molecule has 0 radical (unpaired) electrons. The molecule has 0 bridgehead atoms. The molecule has 1 aromatic rings. The van der Waals surface area contributed by atoms with E-state index in [1.807, 2.05) is 0 Å². The summed E-state index contributed by atoms with van der Waals surface area (Å²) in [5.74, 6) is -0.469. The van der Waals surface area contributed by atoms with E-state index in [-0.39, 0.29) is 12.4 Å². The number of hydrogen-bond donors (Lipinski definition) is 2. The first-order valence-corrected chi connectivity index (χ1v) is 5.40. The number of morpholine rings is 1. The lowest BCUT2D eigenvalue weighted by molar-refractivity contribution is 0.0234. The Balaban J connectivity index is 2.07. The Morgan fingerprint density at radius 1 is 1.41 bits per heavy atom. The molecule has 2 aliphatic rings. The van der Waals surface area contributed by atoms with Crippen LogP contribution < -0.4 is 14.8 Å². The first kappa shape index (κ1) is 10.6. The maximum Gasteiger partial charge on any atom is 0.231 e. The van der Waals surface area contributed by atoms with Gasteiger partial charge in [0.1, 0.15) is 6.10 Å². The molecule has 2 aliphatic heterocycles. The van der Waals surface area contributed by atoms with Crippen LogP contribution in [0.3, 0.4) is 0 Å². The second-order valence-corrected chi connectivity index (χ2v) is 3.92. The molecule has 17 heavy (non-hydrogen) atoms. The maximum atomic E-state index is 13.9. The summed E-state index contributed by atoms with van der Waals surface area (Å²) in [7, 11) is 0. The molecule has 1 unspecified atom stereocenters. The topological polar surface area (TPSA) is 60.0 Å². The van der Waals surface area contributed by atoms with E-state index < -0.39 is 17.7 Å². The molecule has 0 saturated carbocycles. The quantitative estimate of drug-likeness (QED) is 0.765. The number of hydrogen-bond acceptors (Lipinski definition) is 5. The molecule has 1 saturated heterocycles. The third kappa shape index (κ3) is 1.69. The minimum Gasteiger partial charge on any atom is -0.505 e. The Morgan fingerprint density at radius 2 is 2.29 bits per heavy atom. The lowest BCUT2D eigenvalue weighted by atomic mass is 10.0. The number of phenolic OH excluding ortho intramolecular Hbond substituents is 1. The minimum absolute atomic E-state index is 0.0331. The first-order chi connectivity index (χ1) is 8.27. The van der Waals surface area contributed by atoms with Crippen molar-refractivity contribution in [3.05, 3.63) is 17.4 Å². The van der Waals surface area contributed by atoms with Gasteiger partial charge in [-0.3, -0.25) is 0 Å². The molecular formula is C11H12FNO4. The van der Waals surface area contributed by atoms with Gasteiger partial charge < -0.3 is 24.6 Å². The number of aromatic hydroxyl groups is 1. The smallest absolute Gasteiger partial charge is 0.231 e. The van der Waals surface area contributed by atoms with E-state index >= 15 is 0 Å². The molecule has 92 valence electrons. The second kappa shape index (κ2) is 4.05. The largest absolute Gasteiger partial charge is 0.505 e. The molecule has 1 fully saturated rings. The van der Waals surface area contributed by atoms with E-state index in [0.717, 1.165) is 6.54 Å². The zero-order valence-electron chi connectivity index (χ0n) is 9.03. The molecule has 0 amide bonds. The van der Waals surface area contributed by atoms with Crippen LogP contribution in [0.25, 0.3) is 0 Å². The number of nitrogens with one attached hydrogen (secondary N) is 1. The lowest BCUT2D eigenvalue weighted by Crippen LogP contribution is -2.33. The third-order valence-electron chi connectivity index (χ3n) is 2.86. The monoisotopic (exact) mass is 241 g/mol. The van der Waals surface area contributed by atoms with Crippen molar-refractivity contribution in [1.29, 1.82) is 0 Å². The average molecular weight is 241 g/mol. The van der Waals surface area contributed by atoms with Gasteiger partial charge >= 0.3 is 0 Å². The first-order valence-electron chi connectivity index (χ1n) is 5.40. The highest BCUT2D eigenvalue weighted by atomic mass is 19.1. The second-order valence-electron chi connectivity index (χ2n) is 3.92. The fourth-order valence-electron chi connectivity index (χ4n) is 2.07. The molecule has 1 atom stereocenters. The lowest BCUT2D eigenvalue weighted by Gasteiger charge is -2.25. The average Bonchev–Trinajstić information content (AvgIpc) is 2.79. The molecule has 6 heteroatoms. The molecule has 0 aliphatic carbocycles. The van der Waals surface area contributed by atoms with Gasteiger partial charge in [-0.2, -0.15) is 0 Å². The molecule has 2 N–H and O–H groups in total. The van der Waals surface area contributed by atoms with Gasteiger partial charge in [-0.05, 0) is 0 Å². The van der Waals surface area contributed by atoms with Crippen molar-refractivity contribution in [2.75, 3.05) is 26.5 Å². The standard InChI is InChI=1S/C11H12FNO4/c12-10-6(14)3-7-11(17-5-16-7)9(10)8-4-13-1-2-15-8/h3,8,13-14H,1-2,4-5H2. The minimum atomic E-state index is -0.706. The summed E-state index contributed by atoms with van der Waals surface area (Å²) in [5.41, 5.74) is 0.227. The SMILES string of the molecule is Oc1cc2c(c(C3CNCCO3)c1F)OCO2. The van der Waals surface area contributed by atoms with Crippen molar-refractivity contribution in [3.8, 4) is 17.2 Å². The Labute approximate surface area is 97.1 Å². The summed E-state index contributed by atoms with van der Waals surface area (Å²) in [6.45, 7) is 1.74. The van der Waals surface area contributed by atoms with Crippen molar-refractivity contribution in [2.24, 2.45) is 0 Å². The van der Waals surface area contributed by atoms with Gasteiger partial charge in [0.05, 0.1) is 12.2 Å². The summed E-state index contributed by atoms with van der Waals surface area (Å²) < 4.78 is 29.8. The predicted octanol–water partition coefficient (Wildman–Crippen LogP) is 0.921. The van der Waals surface area contributed by atoms with Crippen LogP contribution in [0.1, 0.15) is 11.7 Å². The fourth-order valence-corrected chi connectivity index (χ4v) is 2.07. The van der Waals surface area contributed by atoms with Crippen molar-refractivity contribution in [2.45, 2.75) is 6.10 Å². The summed E-state index contributed by atoms with van der Waals surface area (Å²) in [4.78, 5) is 0. The molecule has 1 aromatic carbocycles. The van der Waals surface area contributed by atoms with Crippen LogP contribution in [0.15, 0.2) is 6.07 Å². The zero-order chi connectivity index (χ0) is 11.8. The van der Waals surface area contributed by atoms with Gasteiger partial charge in [-0.1, -0.05) is 0 Å². The summed E-state index contributed by atoms with van der Waals surface area (Å²) >= 11 is 0. The highest BCUT2D eigenvalue weighted by Crippen LogP contribution is 2.44. The zero-order valence-corrected chi connectivity index (χ0v) is 9.03. The van der Waals surface area contributed by atoms with Crippen molar-refractivity contribution in [3.63, 3.8) is 0 Å². The highest BCUT2D eigenvalue weighted by molar-refractivity contribution is 5.54. The van der Waals surface area contributed by atoms with Gasteiger partial charge in [0.15, 0.2) is 23.1 Å². The van der Waals surface area contributed by atoms with E-state index in [2.05, 4.69) is 5.32 Å². The Morgan fingerprint density at radius 3 is 3.06 bits per heavy atom. The van der Waals surface area contributed by atoms with E-state index in [4.69, 9.17) is 14.2 Å². The van der Waals surface area contributed by atoms with Gasteiger partial charge in [-0.15, -0.1) is 0 Å². The van der Waals surface area contributed by atoms with Gasteiger partial charge in [0, 0.05) is 19.2 Å². The van der Waals surface area contributed by atoms with Crippen LogP contribution >= 0.6 is 0 Å². The van der Waals surface area contributed by atoms with E-state index in [1.54, 1.807) is 0 Å². The molecule has 0 spiro atoms. The van der Waals surface area contributed by atoms with E-state index in [9.17, 15) is 9.50 Å². The van der Waals surface area contributed by atoms with E-state index in [1.165, 1.54) is 6.07 Å². The Kier molecular flexibility index (Phi) is 2.53. The van der Waals surface area contributed by atoms with Crippen molar-refractivity contribution in [1.82, 2.24) is 5.32 Å². The number of rotatable bonds is 1. The fraction of sp³-hybridized carbons (Fsp3) is 0.455. The number of fused-ring (bicyclic) bond motifs is 1. The van der Waals surface area contributed by atoms with Crippen LogP contribution in [0.4, 0.5) is 4.39 Å². The van der Waals surface area contributed by atoms with Crippen LogP contribution in [-0.4, -0.2) is 31.6 Å². The van der Waals surface area contributed by atoms with Gasteiger partial charge in [-0.25, -0.2) is 4.39 Å². The van der Waals surface area contributed by atoms with Crippen molar-refractivity contribution >= 4 is 0 Å². The number of ether oxygens (including phenoxy) is 3. The summed E-state index contributed by atoms with van der Waals surface area (Å²) in [6, 6.07) is 1.22. The maximum absolute atomic E-state index is 13.9. The third-order valence-corrected chi connectivity index (χ3v) is 2.86. The predicted molar refractivity (Wildman–Crippen MR) is 55.8 cm³/mol. The Bertz CT molecular complexity index is 446. The molecule has 0 aromatic heterocycles. The molecule has 5 nitrogen and oxygen atoms in total. The summed E-state index contributed by atoms with van der Waals surface area (Å²) in [5, 5.41) is 12.6. The van der Waals surface area contributed by atoms with Crippen LogP contribution in [-0.2, 0) is 4.74 Å². The van der Waals surface area contributed by atoms with Crippen LogP contribution in [0.5, 0.6) is 17.2 Å². The molecule has 3 rings (SSSR count). The number of benzene rings is 1. The number of halogens is 1. The Hall–Kier alpha value is -1.53. The van der Waals surface area contributed by atoms with Gasteiger partial charge in [0.2, 0.25) is 6.79 Å². The highest BCUT2D eigenvalue weighted by Gasteiger charge is 2.31. The molecule has 2 heterocycles. The van der Waals surface area contributed by atoms with E-state index in [0.29, 0.717) is 24.7 Å². The van der Waals surface area contributed by atoms with Crippen LogP contribution in [0.2, 0.25) is 0 Å².